The van der Waals surface area contributed by atoms with Crippen molar-refractivity contribution in [1.82, 2.24) is 35.0 Å². The third-order valence-electron chi connectivity index (χ3n) is 8.19. The van der Waals surface area contributed by atoms with Gasteiger partial charge in [-0.05, 0) is 91.0 Å². The summed E-state index contributed by atoms with van der Waals surface area (Å²) >= 11 is 0. The number of hydrogen-bond donors (Lipinski definition) is 2. The number of halogens is 1. The van der Waals surface area contributed by atoms with E-state index in [9.17, 15) is 12.8 Å². The number of pyridine rings is 2. The number of aromatic nitrogens is 6. The van der Waals surface area contributed by atoms with E-state index in [0.29, 0.717) is 39.4 Å². The van der Waals surface area contributed by atoms with Crippen LogP contribution in [0.2, 0.25) is 0 Å². The fourth-order valence-corrected chi connectivity index (χ4v) is 6.61. The van der Waals surface area contributed by atoms with Gasteiger partial charge in [0.2, 0.25) is 0 Å². The van der Waals surface area contributed by atoms with Gasteiger partial charge in [0.05, 0.1) is 16.8 Å². The summed E-state index contributed by atoms with van der Waals surface area (Å²) in [6.45, 7) is 3.16. The van der Waals surface area contributed by atoms with Gasteiger partial charge >= 0.3 is 0 Å². The molecule has 1 aliphatic rings. The Labute approximate surface area is 254 Å². The first-order valence-corrected chi connectivity index (χ1v) is 16.8. The van der Waals surface area contributed by atoms with Gasteiger partial charge in [0.1, 0.15) is 21.3 Å². The van der Waals surface area contributed by atoms with E-state index < -0.39 is 15.7 Å². The lowest BCUT2D eigenvalue weighted by Crippen LogP contribution is -2.29. The maximum Gasteiger partial charge on any atom is 0.178 e. The molecule has 1 fully saturated rings. The Hall–Kier alpha value is -4.48. The zero-order valence-corrected chi connectivity index (χ0v) is 25.2. The van der Waals surface area contributed by atoms with E-state index in [1.54, 1.807) is 12.3 Å². The molecule has 9 nitrogen and oxygen atoms in total. The minimum absolute atomic E-state index is 0.0527. The van der Waals surface area contributed by atoms with Gasteiger partial charge in [-0.1, -0.05) is 18.6 Å². The molecule has 0 unspecified atom stereocenters. The normalized spacial score (nSPS) is 14.5. The molecule has 11 heteroatoms. The molecule has 0 bridgehead atoms. The lowest BCUT2D eigenvalue weighted by atomic mass is 10.0. The van der Waals surface area contributed by atoms with Crippen molar-refractivity contribution in [2.75, 3.05) is 25.1 Å². The zero-order chi connectivity index (χ0) is 30.3. The van der Waals surface area contributed by atoms with Gasteiger partial charge in [-0.2, -0.15) is 5.10 Å². The molecule has 224 valence electrons. The predicted molar refractivity (Wildman–Crippen MR) is 170 cm³/mol. The number of aryl methyl sites for hydroxylation is 1. The number of piperidine rings is 1. The van der Waals surface area contributed by atoms with Crippen LogP contribution in [0.5, 0.6) is 0 Å². The van der Waals surface area contributed by atoms with E-state index >= 15 is 0 Å². The largest absolute Gasteiger partial charge is 0.335 e. The summed E-state index contributed by atoms with van der Waals surface area (Å²) in [6, 6.07) is 14.8. The number of aromatic amines is 2. The van der Waals surface area contributed by atoms with Crippen LogP contribution in [0.4, 0.5) is 4.39 Å². The van der Waals surface area contributed by atoms with Gasteiger partial charge in [-0.15, -0.1) is 0 Å². The number of nitrogens with one attached hydrogen (secondary N) is 2. The first-order valence-electron chi connectivity index (χ1n) is 14.8. The Morgan fingerprint density at radius 2 is 1.77 bits per heavy atom. The van der Waals surface area contributed by atoms with Gasteiger partial charge in [0.15, 0.2) is 11.5 Å². The van der Waals surface area contributed by atoms with Crippen LogP contribution in [-0.4, -0.2) is 68.5 Å². The first kappa shape index (κ1) is 28.3. The lowest BCUT2D eigenvalue weighted by molar-refractivity contribution is 0.220. The Kier molecular flexibility index (Phi) is 7.43. The summed E-state index contributed by atoms with van der Waals surface area (Å²) < 4.78 is 38.0. The van der Waals surface area contributed by atoms with Gasteiger partial charge in [-0.25, -0.2) is 22.8 Å². The number of sulfone groups is 1. The number of benzene rings is 2. The van der Waals surface area contributed by atoms with Gasteiger partial charge < -0.3 is 4.98 Å². The molecule has 1 saturated heterocycles. The molecule has 0 aliphatic carbocycles. The maximum absolute atomic E-state index is 14.6. The summed E-state index contributed by atoms with van der Waals surface area (Å²) in [5.41, 5.74) is 7.84. The second-order valence-electron chi connectivity index (χ2n) is 11.6. The van der Waals surface area contributed by atoms with E-state index in [-0.39, 0.29) is 12.2 Å². The topological polar surface area (TPSA) is 121 Å². The summed E-state index contributed by atoms with van der Waals surface area (Å²) in [7, 11) is -3.18. The van der Waals surface area contributed by atoms with E-state index in [2.05, 4.69) is 48.2 Å². The van der Waals surface area contributed by atoms with Crippen LogP contribution in [0.15, 0.2) is 67.1 Å². The molecule has 2 N–H and O–H groups in total. The first-order chi connectivity index (χ1) is 21.3. The highest BCUT2D eigenvalue weighted by Crippen LogP contribution is 2.33. The number of likely N-dealkylation sites (tertiary alicyclic amines) is 1. The summed E-state index contributed by atoms with van der Waals surface area (Å²) in [5, 5.41) is 8.60. The number of rotatable bonds is 8. The number of H-pyrrole nitrogens is 2. The van der Waals surface area contributed by atoms with Crippen LogP contribution in [-0.2, 0) is 22.8 Å². The molecule has 6 aromatic rings. The lowest BCUT2D eigenvalue weighted by Gasteiger charge is -2.26. The monoisotopic (exact) mass is 609 g/mol. The second kappa shape index (κ2) is 11.5. The average Bonchev–Trinajstić information content (AvgIpc) is 3.64. The predicted octanol–water partition coefficient (Wildman–Crippen LogP) is 5.94. The fourth-order valence-electron chi connectivity index (χ4n) is 6.00. The van der Waals surface area contributed by atoms with Crippen molar-refractivity contribution >= 4 is 31.9 Å². The number of imidazole rings is 1. The quantitative estimate of drug-likeness (QED) is 0.219. The Morgan fingerprint density at radius 1 is 0.932 bits per heavy atom. The van der Waals surface area contributed by atoms with Gasteiger partial charge in [0.25, 0.3) is 0 Å². The molecule has 44 heavy (non-hydrogen) atoms. The van der Waals surface area contributed by atoms with Crippen molar-refractivity contribution in [3.63, 3.8) is 0 Å². The van der Waals surface area contributed by atoms with Crippen molar-refractivity contribution in [1.29, 1.82) is 0 Å². The SMILES string of the molecule is CS(=O)(=O)CCc1cc(F)cc(-c2ccnc3nc(-c4n[nH]c5ccc(-c6cncc(CN7CCCCC7)c6)cc45)[nH]c23)c1. The summed E-state index contributed by atoms with van der Waals surface area (Å²) in [5.74, 6) is 0.0492. The van der Waals surface area contributed by atoms with Crippen LogP contribution < -0.4 is 0 Å². The highest BCUT2D eigenvalue weighted by molar-refractivity contribution is 7.90. The van der Waals surface area contributed by atoms with E-state index in [0.717, 1.165) is 41.7 Å². The van der Waals surface area contributed by atoms with E-state index in [4.69, 9.17) is 4.98 Å². The molecule has 2 aromatic carbocycles. The van der Waals surface area contributed by atoms with E-state index in [1.807, 2.05) is 24.5 Å². The third-order valence-corrected chi connectivity index (χ3v) is 9.14. The minimum Gasteiger partial charge on any atom is -0.335 e. The molecule has 0 saturated carbocycles. The molecular formula is C33H32FN7O2S. The van der Waals surface area contributed by atoms with E-state index in [1.165, 1.54) is 43.2 Å². The highest BCUT2D eigenvalue weighted by atomic mass is 32.2. The van der Waals surface area contributed by atoms with Crippen molar-refractivity contribution in [2.45, 2.75) is 32.2 Å². The van der Waals surface area contributed by atoms with Crippen molar-refractivity contribution in [3.8, 4) is 33.8 Å². The van der Waals surface area contributed by atoms with Gasteiger partial charge in [-0.3, -0.25) is 15.0 Å². The molecule has 0 atom stereocenters. The van der Waals surface area contributed by atoms with Crippen LogP contribution in [0.3, 0.4) is 0 Å². The molecule has 0 spiro atoms. The Morgan fingerprint density at radius 3 is 2.61 bits per heavy atom. The molecule has 1 aliphatic heterocycles. The standard InChI is InChI=1S/C33H32FN7O2S/c1-44(42,43)12-8-21-13-24(16-26(34)15-21)27-7-9-36-32-30(27)37-33(38-32)31-28-17-23(5-6-29(28)39-40-31)25-14-22(18-35-19-25)20-41-10-3-2-4-11-41/h5-7,9,13-19H,2-4,8,10-12,20H2,1H3,(H,39,40)(H,36,37,38). The number of nitrogens with zero attached hydrogens (tertiary/aromatic N) is 5. The van der Waals surface area contributed by atoms with Crippen molar-refractivity contribution < 1.29 is 12.8 Å². The average molecular weight is 610 g/mol. The molecule has 0 radical (unpaired) electrons. The summed E-state index contributed by atoms with van der Waals surface area (Å²) in [6.07, 6.45) is 10.7. The second-order valence-corrected chi connectivity index (χ2v) is 13.9. The third kappa shape index (κ3) is 5.97. The van der Waals surface area contributed by atoms with Crippen LogP contribution in [0.25, 0.3) is 55.8 Å². The molecule has 4 aromatic heterocycles. The minimum atomic E-state index is -3.18. The Bertz CT molecular complexity index is 2100. The number of fused-ring (bicyclic) bond motifs is 2. The smallest absolute Gasteiger partial charge is 0.178 e. The van der Waals surface area contributed by atoms with Crippen LogP contribution >= 0.6 is 0 Å². The maximum atomic E-state index is 14.6. The fraction of sp³-hybridized carbons (Fsp3) is 0.273. The van der Waals surface area contributed by atoms with Crippen molar-refractivity contribution in [2.24, 2.45) is 0 Å². The molecule has 7 rings (SSSR count). The summed E-state index contributed by atoms with van der Waals surface area (Å²) in [4.78, 5) is 19.6. The molecule has 5 heterocycles. The van der Waals surface area contributed by atoms with Crippen LogP contribution in [0.1, 0.15) is 30.4 Å². The molecule has 0 amide bonds. The Balaban J connectivity index is 1.23. The zero-order valence-electron chi connectivity index (χ0n) is 24.3. The highest BCUT2D eigenvalue weighted by Gasteiger charge is 2.18. The molecular weight excluding hydrogens is 577 g/mol. The van der Waals surface area contributed by atoms with Gasteiger partial charge in [0, 0.05) is 47.9 Å². The number of hydrogen-bond acceptors (Lipinski definition) is 7. The van der Waals surface area contributed by atoms with Crippen molar-refractivity contribution in [3.05, 3.63) is 84.1 Å². The van der Waals surface area contributed by atoms with Crippen LogP contribution in [0, 0.1) is 5.82 Å².